The fraction of sp³-hybridized carbons (Fsp3) is 0.280. The number of ether oxygens (including phenoxy) is 1. The van der Waals surface area contributed by atoms with E-state index in [-0.39, 0.29) is 40.9 Å². The van der Waals surface area contributed by atoms with Gasteiger partial charge in [0.25, 0.3) is 0 Å². The first-order valence-electron chi connectivity index (χ1n) is 11.2. The summed E-state index contributed by atoms with van der Waals surface area (Å²) >= 11 is 0. The first-order valence-corrected chi connectivity index (χ1v) is 11.2. The van der Waals surface area contributed by atoms with Crippen LogP contribution in [0.1, 0.15) is 32.1 Å². The number of aromatic amines is 1. The standard InChI is InChI=1S/C25H21F3N4O3/c26-15-9-19(28)24-20(10-15)31-25(32-24)17-6-3-14(8-18(17)27)21-11-30-22(12-29-21)35-16-4-1-13(2-5-16)7-23(33)34/h3,6,8-13,16H,1-2,4-5,7H2,(H,31,32)(H,33,34)/t13-,16-. The lowest BCUT2D eigenvalue weighted by Crippen LogP contribution is -2.25. The molecule has 2 aromatic heterocycles. The van der Waals surface area contributed by atoms with E-state index in [1.54, 1.807) is 6.07 Å². The maximum absolute atomic E-state index is 14.9. The Bertz CT molecular complexity index is 1380. The molecular formula is C25H21F3N4O3. The number of carboxylic acid groups (broad SMARTS) is 1. The SMILES string of the molecule is O=C(O)C[C@H]1CC[C@H](Oc2cnc(-c3ccc(-c4nc5c(F)cc(F)cc5[nH]4)c(F)c3)cn2)CC1. The molecule has 1 fully saturated rings. The molecule has 1 saturated carbocycles. The number of nitrogens with one attached hydrogen (secondary N) is 1. The highest BCUT2D eigenvalue weighted by molar-refractivity contribution is 5.80. The van der Waals surface area contributed by atoms with Gasteiger partial charge in [0, 0.05) is 18.1 Å². The predicted molar refractivity (Wildman–Crippen MR) is 121 cm³/mol. The van der Waals surface area contributed by atoms with Crippen molar-refractivity contribution in [3.63, 3.8) is 0 Å². The van der Waals surface area contributed by atoms with Crippen molar-refractivity contribution in [1.82, 2.24) is 19.9 Å². The summed E-state index contributed by atoms with van der Waals surface area (Å²) in [6.45, 7) is 0. The number of aliphatic carboxylic acids is 1. The van der Waals surface area contributed by atoms with Gasteiger partial charge in [-0.05, 0) is 49.8 Å². The molecule has 0 unspecified atom stereocenters. The molecule has 180 valence electrons. The van der Waals surface area contributed by atoms with Crippen molar-refractivity contribution >= 4 is 17.0 Å². The van der Waals surface area contributed by atoms with Gasteiger partial charge in [-0.15, -0.1) is 0 Å². The number of carboxylic acids is 1. The van der Waals surface area contributed by atoms with Crippen LogP contribution in [0.5, 0.6) is 5.88 Å². The molecule has 0 radical (unpaired) electrons. The Morgan fingerprint density at radius 3 is 2.51 bits per heavy atom. The van der Waals surface area contributed by atoms with Crippen LogP contribution in [0.3, 0.4) is 0 Å². The Balaban J connectivity index is 1.28. The van der Waals surface area contributed by atoms with E-state index >= 15 is 0 Å². The fourth-order valence-electron chi connectivity index (χ4n) is 4.43. The van der Waals surface area contributed by atoms with Crippen molar-refractivity contribution in [3.8, 4) is 28.5 Å². The molecular weight excluding hydrogens is 461 g/mol. The average Bonchev–Trinajstić information content (AvgIpc) is 3.24. The molecule has 7 nitrogen and oxygen atoms in total. The zero-order chi connectivity index (χ0) is 24.5. The molecule has 35 heavy (non-hydrogen) atoms. The molecule has 0 saturated heterocycles. The number of aromatic nitrogens is 4. The van der Waals surface area contributed by atoms with E-state index in [1.165, 1.54) is 24.5 Å². The lowest BCUT2D eigenvalue weighted by Gasteiger charge is -2.27. The minimum Gasteiger partial charge on any atom is -0.481 e. The lowest BCUT2D eigenvalue weighted by molar-refractivity contribution is -0.138. The van der Waals surface area contributed by atoms with Gasteiger partial charge in [0.05, 0.1) is 29.2 Å². The fourth-order valence-corrected chi connectivity index (χ4v) is 4.43. The topological polar surface area (TPSA) is 101 Å². The number of halogens is 3. The van der Waals surface area contributed by atoms with E-state index in [0.717, 1.165) is 37.8 Å². The Morgan fingerprint density at radius 2 is 1.83 bits per heavy atom. The van der Waals surface area contributed by atoms with Crippen LogP contribution in [-0.2, 0) is 4.79 Å². The van der Waals surface area contributed by atoms with Crippen molar-refractivity contribution in [2.24, 2.45) is 5.92 Å². The van der Waals surface area contributed by atoms with Crippen LogP contribution in [0.2, 0.25) is 0 Å². The third kappa shape index (κ3) is 4.96. The molecule has 2 heterocycles. The van der Waals surface area contributed by atoms with Gasteiger partial charge in [0.2, 0.25) is 5.88 Å². The van der Waals surface area contributed by atoms with Crippen molar-refractivity contribution in [2.45, 2.75) is 38.2 Å². The van der Waals surface area contributed by atoms with Crippen molar-refractivity contribution < 1.29 is 27.8 Å². The molecule has 0 atom stereocenters. The van der Waals surface area contributed by atoms with Crippen LogP contribution >= 0.6 is 0 Å². The highest BCUT2D eigenvalue weighted by Gasteiger charge is 2.24. The quantitative estimate of drug-likeness (QED) is 0.376. The van der Waals surface area contributed by atoms with Crippen molar-refractivity contribution in [2.75, 3.05) is 0 Å². The Kier molecular flexibility index (Phi) is 6.10. The highest BCUT2D eigenvalue weighted by atomic mass is 19.1. The minimum atomic E-state index is -0.828. The summed E-state index contributed by atoms with van der Waals surface area (Å²) in [6.07, 6.45) is 6.20. The summed E-state index contributed by atoms with van der Waals surface area (Å²) < 4.78 is 48.2. The molecule has 10 heteroatoms. The Hall–Kier alpha value is -3.95. The first-order chi connectivity index (χ1) is 16.9. The van der Waals surface area contributed by atoms with E-state index in [9.17, 15) is 18.0 Å². The van der Waals surface area contributed by atoms with Crippen LogP contribution in [0.4, 0.5) is 13.2 Å². The largest absolute Gasteiger partial charge is 0.481 e. The summed E-state index contributed by atoms with van der Waals surface area (Å²) in [5, 5.41) is 8.92. The van der Waals surface area contributed by atoms with E-state index < -0.39 is 23.4 Å². The zero-order valence-electron chi connectivity index (χ0n) is 18.5. The van der Waals surface area contributed by atoms with E-state index in [2.05, 4.69) is 19.9 Å². The first kappa shape index (κ1) is 22.8. The van der Waals surface area contributed by atoms with Gasteiger partial charge in [-0.2, -0.15) is 0 Å². The number of hydrogen-bond acceptors (Lipinski definition) is 5. The zero-order valence-corrected chi connectivity index (χ0v) is 18.5. The normalized spacial score (nSPS) is 18.0. The number of imidazole rings is 1. The summed E-state index contributed by atoms with van der Waals surface area (Å²) in [7, 11) is 0. The number of rotatable bonds is 6. The molecule has 5 rings (SSSR count). The Labute approximate surface area is 198 Å². The van der Waals surface area contributed by atoms with Gasteiger partial charge in [0.1, 0.15) is 29.1 Å². The van der Waals surface area contributed by atoms with Crippen LogP contribution in [0, 0.1) is 23.4 Å². The summed E-state index contributed by atoms with van der Waals surface area (Å²) in [4.78, 5) is 26.3. The van der Waals surface area contributed by atoms with Crippen molar-refractivity contribution in [1.29, 1.82) is 0 Å². The number of carbonyl (C=O) groups is 1. The van der Waals surface area contributed by atoms with Crippen LogP contribution in [-0.4, -0.2) is 37.1 Å². The molecule has 0 amide bonds. The van der Waals surface area contributed by atoms with Gasteiger partial charge in [-0.3, -0.25) is 4.79 Å². The summed E-state index contributed by atoms with van der Waals surface area (Å²) in [5.41, 5.74) is 1.09. The van der Waals surface area contributed by atoms with E-state index in [1.807, 2.05) is 0 Å². The molecule has 1 aliphatic rings. The van der Waals surface area contributed by atoms with Crippen LogP contribution < -0.4 is 4.74 Å². The highest BCUT2D eigenvalue weighted by Crippen LogP contribution is 2.30. The maximum Gasteiger partial charge on any atom is 0.303 e. The van der Waals surface area contributed by atoms with Crippen LogP contribution in [0.15, 0.2) is 42.7 Å². The van der Waals surface area contributed by atoms with Crippen molar-refractivity contribution in [3.05, 3.63) is 60.2 Å². The number of hydrogen-bond donors (Lipinski definition) is 2. The second-order valence-corrected chi connectivity index (χ2v) is 8.66. The number of fused-ring (bicyclic) bond motifs is 1. The number of nitrogens with zero attached hydrogens (tertiary/aromatic N) is 3. The molecule has 0 aliphatic heterocycles. The van der Waals surface area contributed by atoms with Gasteiger partial charge in [-0.1, -0.05) is 6.07 Å². The Morgan fingerprint density at radius 1 is 1.03 bits per heavy atom. The number of H-pyrrole nitrogens is 1. The molecule has 1 aliphatic carbocycles. The molecule has 2 aromatic carbocycles. The van der Waals surface area contributed by atoms with Gasteiger partial charge >= 0.3 is 5.97 Å². The van der Waals surface area contributed by atoms with Gasteiger partial charge < -0.3 is 14.8 Å². The molecule has 0 bridgehead atoms. The lowest BCUT2D eigenvalue weighted by atomic mass is 9.85. The van der Waals surface area contributed by atoms with Gasteiger partial charge in [0.15, 0.2) is 5.82 Å². The second-order valence-electron chi connectivity index (χ2n) is 8.66. The maximum atomic E-state index is 14.9. The number of benzene rings is 2. The monoisotopic (exact) mass is 482 g/mol. The van der Waals surface area contributed by atoms with Gasteiger partial charge in [-0.25, -0.2) is 28.1 Å². The molecule has 2 N–H and O–H groups in total. The third-order valence-corrected chi connectivity index (χ3v) is 6.20. The molecule has 4 aromatic rings. The molecule has 0 spiro atoms. The minimum absolute atomic E-state index is 0.0426. The van der Waals surface area contributed by atoms with Crippen LogP contribution in [0.25, 0.3) is 33.7 Å². The van der Waals surface area contributed by atoms with E-state index in [0.29, 0.717) is 17.1 Å². The summed E-state index contributed by atoms with van der Waals surface area (Å²) in [5.74, 6) is -2.35. The summed E-state index contributed by atoms with van der Waals surface area (Å²) in [6, 6.07) is 6.22. The predicted octanol–water partition coefficient (Wildman–Crippen LogP) is 5.52. The second kappa shape index (κ2) is 9.36. The smallest absolute Gasteiger partial charge is 0.303 e. The van der Waals surface area contributed by atoms with E-state index in [4.69, 9.17) is 9.84 Å². The average molecular weight is 482 g/mol. The third-order valence-electron chi connectivity index (χ3n) is 6.20.